The minimum absolute atomic E-state index is 0.114. The van der Waals surface area contributed by atoms with Gasteiger partial charge in [0.2, 0.25) is 5.91 Å². The number of hydrogen-bond acceptors (Lipinski definition) is 4. The Balaban J connectivity index is 1.47. The van der Waals surface area contributed by atoms with Crippen LogP contribution < -0.4 is 5.32 Å². The van der Waals surface area contributed by atoms with Crippen molar-refractivity contribution in [3.05, 3.63) is 54.2 Å². The monoisotopic (exact) mass is 363 g/mol. The Hall–Kier alpha value is -2.53. The lowest BCUT2D eigenvalue weighted by Gasteiger charge is -2.10. The van der Waals surface area contributed by atoms with Gasteiger partial charge in [-0.2, -0.15) is 0 Å². The second-order valence-corrected chi connectivity index (χ2v) is 7.62. The molecule has 1 aliphatic carbocycles. The fourth-order valence-electron chi connectivity index (χ4n) is 3.47. The Morgan fingerprint density at radius 2 is 2.00 bits per heavy atom. The minimum atomic E-state index is 0.114. The van der Waals surface area contributed by atoms with Gasteiger partial charge in [0.1, 0.15) is 5.01 Å². The van der Waals surface area contributed by atoms with E-state index in [0.717, 1.165) is 27.5 Å². The van der Waals surface area contributed by atoms with Gasteiger partial charge in [-0.15, -0.1) is 11.3 Å². The molecule has 0 aliphatic heterocycles. The van der Waals surface area contributed by atoms with Crippen molar-refractivity contribution in [2.45, 2.75) is 32.1 Å². The van der Waals surface area contributed by atoms with Gasteiger partial charge in [0.15, 0.2) is 0 Å². The van der Waals surface area contributed by atoms with E-state index in [9.17, 15) is 4.79 Å². The van der Waals surface area contributed by atoms with E-state index >= 15 is 0 Å². The number of thiazole rings is 1. The predicted molar refractivity (Wildman–Crippen MR) is 106 cm³/mol. The number of amides is 1. The van der Waals surface area contributed by atoms with Crippen LogP contribution in [-0.2, 0) is 4.79 Å². The van der Waals surface area contributed by atoms with Crippen LogP contribution in [0.3, 0.4) is 0 Å². The standard InChI is InChI=1S/C21H21N3OS/c25-20(11-15-5-1-2-6-15)23-18-9-3-7-16(12-18)19-14-26-21(24-19)17-8-4-10-22-13-17/h3-4,7-10,12-15H,1-2,5-6,11H2,(H,23,25). The topological polar surface area (TPSA) is 54.9 Å². The van der Waals surface area contributed by atoms with Gasteiger partial charge in [0.25, 0.3) is 0 Å². The van der Waals surface area contributed by atoms with Crippen LogP contribution in [0, 0.1) is 5.92 Å². The van der Waals surface area contributed by atoms with Gasteiger partial charge in [-0.25, -0.2) is 4.98 Å². The molecule has 2 aromatic heterocycles. The largest absolute Gasteiger partial charge is 0.326 e. The summed E-state index contributed by atoms with van der Waals surface area (Å²) in [5.74, 6) is 0.669. The summed E-state index contributed by atoms with van der Waals surface area (Å²) in [6.45, 7) is 0. The fourth-order valence-corrected chi connectivity index (χ4v) is 4.29. The number of carbonyl (C=O) groups is 1. The molecule has 1 N–H and O–H groups in total. The molecule has 0 spiro atoms. The summed E-state index contributed by atoms with van der Waals surface area (Å²) in [4.78, 5) is 21.1. The van der Waals surface area contributed by atoms with Crippen molar-refractivity contribution in [2.24, 2.45) is 5.92 Å². The zero-order valence-corrected chi connectivity index (χ0v) is 15.3. The molecule has 1 saturated carbocycles. The van der Waals surface area contributed by atoms with Gasteiger partial charge in [0.05, 0.1) is 5.69 Å². The lowest BCUT2D eigenvalue weighted by atomic mass is 10.0. The number of aromatic nitrogens is 2. The predicted octanol–water partition coefficient (Wildman–Crippen LogP) is 5.39. The van der Waals surface area contributed by atoms with Crippen molar-refractivity contribution < 1.29 is 4.79 Å². The third-order valence-corrected chi connectivity index (χ3v) is 5.69. The molecule has 4 nitrogen and oxygen atoms in total. The average Bonchev–Trinajstić information content (AvgIpc) is 3.34. The van der Waals surface area contributed by atoms with Gasteiger partial charge in [-0.1, -0.05) is 25.0 Å². The number of nitrogens with one attached hydrogen (secondary N) is 1. The lowest BCUT2D eigenvalue weighted by Crippen LogP contribution is -2.15. The maximum atomic E-state index is 12.3. The molecule has 1 amide bonds. The van der Waals surface area contributed by atoms with E-state index in [-0.39, 0.29) is 5.91 Å². The summed E-state index contributed by atoms with van der Waals surface area (Å²) >= 11 is 1.60. The lowest BCUT2D eigenvalue weighted by molar-refractivity contribution is -0.117. The summed E-state index contributed by atoms with van der Waals surface area (Å²) in [7, 11) is 0. The number of carbonyl (C=O) groups excluding carboxylic acids is 1. The van der Waals surface area contributed by atoms with E-state index in [1.807, 2.05) is 48.0 Å². The summed E-state index contributed by atoms with van der Waals surface area (Å²) in [6, 6.07) is 11.8. The molecule has 3 aromatic rings. The Kier molecular flexibility index (Phi) is 5.07. The first-order valence-corrected chi connectivity index (χ1v) is 9.92. The number of benzene rings is 1. The van der Waals surface area contributed by atoms with Crippen LogP contribution in [-0.4, -0.2) is 15.9 Å². The maximum absolute atomic E-state index is 12.3. The average molecular weight is 363 g/mol. The molecule has 1 aromatic carbocycles. The van der Waals surface area contributed by atoms with Crippen LogP contribution in [0.5, 0.6) is 0 Å². The molecule has 0 atom stereocenters. The molecule has 4 rings (SSSR count). The first-order chi connectivity index (χ1) is 12.8. The first-order valence-electron chi connectivity index (χ1n) is 9.04. The van der Waals surface area contributed by atoms with Crippen molar-refractivity contribution >= 4 is 22.9 Å². The van der Waals surface area contributed by atoms with Crippen molar-refractivity contribution in [3.63, 3.8) is 0 Å². The van der Waals surface area contributed by atoms with Crippen LogP contribution in [0.25, 0.3) is 21.8 Å². The summed E-state index contributed by atoms with van der Waals surface area (Å²) in [5, 5.41) is 6.04. The van der Waals surface area contributed by atoms with E-state index < -0.39 is 0 Å². The van der Waals surface area contributed by atoms with Crippen molar-refractivity contribution in [2.75, 3.05) is 5.32 Å². The number of anilines is 1. The molecule has 0 bridgehead atoms. The summed E-state index contributed by atoms with van der Waals surface area (Å²) in [6.07, 6.45) is 9.10. The molecule has 5 heteroatoms. The van der Waals surface area contributed by atoms with Gasteiger partial charge in [-0.05, 0) is 43.0 Å². The third-order valence-electron chi connectivity index (χ3n) is 4.80. The van der Waals surface area contributed by atoms with Crippen LogP contribution in [0.1, 0.15) is 32.1 Å². The van der Waals surface area contributed by atoms with Crippen molar-refractivity contribution in [3.8, 4) is 21.8 Å². The number of hydrogen-bond donors (Lipinski definition) is 1. The zero-order valence-electron chi connectivity index (χ0n) is 14.5. The van der Waals surface area contributed by atoms with Gasteiger partial charge in [0, 0.05) is 41.0 Å². The van der Waals surface area contributed by atoms with E-state index in [1.165, 1.54) is 25.7 Å². The second-order valence-electron chi connectivity index (χ2n) is 6.76. The molecule has 2 heterocycles. The van der Waals surface area contributed by atoms with E-state index in [2.05, 4.69) is 10.3 Å². The number of pyridine rings is 1. The van der Waals surface area contributed by atoms with Crippen LogP contribution >= 0.6 is 11.3 Å². The van der Waals surface area contributed by atoms with Crippen LogP contribution in [0.2, 0.25) is 0 Å². The molecule has 0 unspecified atom stereocenters. The maximum Gasteiger partial charge on any atom is 0.224 e. The van der Waals surface area contributed by atoms with E-state index in [0.29, 0.717) is 12.3 Å². The minimum Gasteiger partial charge on any atom is -0.326 e. The summed E-state index contributed by atoms with van der Waals surface area (Å²) in [5.41, 5.74) is 3.78. The highest BCUT2D eigenvalue weighted by atomic mass is 32.1. The fraction of sp³-hybridized carbons (Fsp3) is 0.286. The Labute approximate surface area is 157 Å². The van der Waals surface area contributed by atoms with Crippen molar-refractivity contribution in [1.82, 2.24) is 9.97 Å². The highest BCUT2D eigenvalue weighted by molar-refractivity contribution is 7.13. The molecule has 0 radical (unpaired) electrons. The highest BCUT2D eigenvalue weighted by Gasteiger charge is 2.18. The molecule has 1 aliphatic rings. The van der Waals surface area contributed by atoms with Crippen molar-refractivity contribution in [1.29, 1.82) is 0 Å². The van der Waals surface area contributed by atoms with E-state index in [1.54, 1.807) is 17.5 Å². The third kappa shape index (κ3) is 3.99. The molecule has 132 valence electrons. The zero-order chi connectivity index (χ0) is 17.8. The SMILES string of the molecule is O=C(CC1CCCC1)Nc1cccc(-c2csc(-c3cccnc3)n2)c1. The Morgan fingerprint density at radius 1 is 1.15 bits per heavy atom. The Morgan fingerprint density at radius 3 is 2.81 bits per heavy atom. The van der Waals surface area contributed by atoms with Gasteiger partial charge in [-0.3, -0.25) is 9.78 Å². The first kappa shape index (κ1) is 16.9. The van der Waals surface area contributed by atoms with Gasteiger partial charge < -0.3 is 5.32 Å². The molecule has 1 fully saturated rings. The number of nitrogens with zero attached hydrogens (tertiary/aromatic N) is 2. The Bertz CT molecular complexity index is 885. The molecule has 26 heavy (non-hydrogen) atoms. The van der Waals surface area contributed by atoms with Crippen LogP contribution in [0.15, 0.2) is 54.2 Å². The highest BCUT2D eigenvalue weighted by Crippen LogP contribution is 2.30. The van der Waals surface area contributed by atoms with Gasteiger partial charge >= 0.3 is 0 Å². The van der Waals surface area contributed by atoms with Crippen LogP contribution in [0.4, 0.5) is 5.69 Å². The second kappa shape index (κ2) is 7.79. The van der Waals surface area contributed by atoms with E-state index in [4.69, 9.17) is 4.98 Å². The smallest absolute Gasteiger partial charge is 0.224 e. The number of rotatable bonds is 5. The summed E-state index contributed by atoms with van der Waals surface area (Å²) < 4.78 is 0. The normalized spacial score (nSPS) is 14.5. The molecular weight excluding hydrogens is 342 g/mol. The quantitative estimate of drug-likeness (QED) is 0.661. The molecule has 0 saturated heterocycles. The molecular formula is C21H21N3OS.